The van der Waals surface area contributed by atoms with Crippen LogP contribution in [-0.2, 0) is 0 Å². The molecular weight excluding hydrogens is 502 g/mol. The summed E-state index contributed by atoms with van der Waals surface area (Å²) in [4.78, 5) is 29.9. The second kappa shape index (κ2) is 10.6. The number of nitrogens with zero attached hydrogens (tertiary/aromatic N) is 3. The van der Waals surface area contributed by atoms with Crippen LogP contribution in [0, 0.1) is 11.6 Å². The van der Waals surface area contributed by atoms with E-state index in [2.05, 4.69) is 15.4 Å². The quantitative estimate of drug-likeness (QED) is 0.282. The van der Waals surface area contributed by atoms with Gasteiger partial charge in [0.2, 0.25) is 0 Å². The number of rotatable bonds is 8. The molecule has 0 atom stereocenters. The van der Waals surface area contributed by atoms with E-state index in [0.717, 1.165) is 18.2 Å². The summed E-state index contributed by atoms with van der Waals surface area (Å²) < 4.78 is 30.3. The first-order valence-electron chi connectivity index (χ1n) is 11.4. The maximum Gasteiger partial charge on any atom is 0.258 e. The van der Waals surface area contributed by atoms with Gasteiger partial charge in [-0.15, -0.1) is 0 Å². The van der Waals surface area contributed by atoms with Crippen molar-refractivity contribution in [3.8, 4) is 16.9 Å². The van der Waals surface area contributed by atoms with E-state index in [4.69, 9.17) is 11.6 Å². The van der Waals surface area contributed by atoms with Gasteiger partial charge in [-0.05, 0) is 56.7 Å². The molecule has 2 N–H and O–H groups in total. The second-order valence-corrected chi connectivity index (χ2v) is 9.40. The van der Waals surface area contributed by atoms with Gasteiger partial charge >= 0.3 is 0 Å². The van der Waals surface area contributed by atoms with Gasteiger partial charge in [0.05, 0.1) is 21.9 Å². The highest BCUT2D eigenvalue weighted by molar-refractivity contribution is 6.34. The summed E-state index contributed by atoms with van der Waals surface area (Å²) in [6, 6.07) is 14.8. The first kappa shape index (κ1) is 26.1. The average molecular weight is 525 g/mol. The number of pyridine rings is 1. The van der Waals surface area contributed by atoms with E-state index in [9.17, 15) is 23.5 Å². The number of benzene rings is 2. The normalized spacial score (nSPS) is 11.4. The topological polar surface area (TPSA) is 97.1 Å². The largest absolute Gasteiger partial charge is 0.390 e. The number of para-hydroxylation sites is 1. The molecule has 4 rings (SSSR count). The molecule has 0 spiro atoms. The number of Topliss-reactive ketones (excluding diaryl/α,β-unsaturated/α-hetero) is 1. The molecule has 0 bridgehead atoms. The lowest BCUT2D eigenvalue weighted by Gasteiger charge is -2.15. The molecule has 0 aliphatic heterocycles. The molecule has 37 heavy (non-hydrogen) atoms. The van der Waals surface area contributed by atoms with Crippen LogP contribution in [0.2, 0.25) is 5.02 Å². The van der Waals surface area contributed by atoms with Gasteiger partial charge in [0, 0.05) is 24.2 Å². The molecule has 0 aliphatic carbocycles. The first-order valence-corrected chi connectivity index (χ1v) is 11.7. The predicted molar refractivity (Wildman–Crippen MR) is 136 cm³/mol. The molecule has 4 aromatic rings. The molecule has 7 nitrogen and oxygen atoms in total. The number of hydrogen-bond acceptors (Lipinski definition) is 5. The van der Waals surface area contributed by atoms with Crippen molar-refractivity contribution in [3.63, 3.8) is 0 Å². The van der Waals surface area contributed by atoms with E-state index >= 15 is 0 Å². The van der Waals surface area contributed by atoms with Crippen molar-refractivity contribution in [3.05, 3.63) is 94.8 Å². The van der Waals surface area contributed by atoms with Crippen LogP contribution in [0.3, 0.4) is 0 Å². The Kier molecular flexibility index (Phi) is 7.47. The molecule has 0 aliphatic rings. The Morgan fingerprint density at radius 2 is 1.78 bits per heavy atom. The van der Waals surface area contributed by atoms with Crippen molar-refractivity contribution < 1.29 is 23.5 Å². The third kappa shape index (κ3) is 6.07. The Labute approximate surface area is 216 Å². The summed E-state index contributed by atoms with van der Waals surface area (Å²) in [6.07, 6.45) is 1.58. The molecule has 0 unspecified atom stereocenters. The second-order valence-electron chi connectivity index (χ2n) is 9.00. The molecule has 0 saturated heterocycles. The van der Waals surface area contributed by atoms with Crippen LogP contribution >= 0.6 is 11.6 Å². The van der Waals surface area contributed by atoms with Gasteiger partial charge in [-0.25, -0.2) is 13.5 Å². The minimum atomic E-state index is -1.03. The maximum absolute atomic E-state index is 14.6. The summed E-state index contributed by atoms with van der Waals surface area (Å²) in [5.74, 6) is -2.48. The molecule has 2 aromatic heterocycles. The Morgan fingerprint density at radius 3 is 2.46 bits per heavy atom. The monoisotopic (exact) mass is 524 g/mol. The number of ketones is 1. The Balaban J connectivity index is 1.70. The molecule has 2 heterocycles. The smallest absolute Gasteiger partial charge is 0.258 e. The van der Waals surface area contributed by atoms with Crippen molar-refractivity contribution in [1.82, 2.24) is 14.8 Å². The van der Waals surface area contributed by atoms with Crippen molar-refractivity contribution in [2.75, 3.05) is 5.32 Å². The number of carbonyl (C=O) groups is 2. The van der Waals surface area contributed by atoms with Crippen molar-refractivity contribution >= 4 is 29.1 Å². The van der Waals surface area contributed by atoms with Crippen LogP contribution in [0.15, 0.2) is 66.9 Å². The number of halogens is 3. The van der Waals surface area contributed by atoms with Crippen LogP contribution < -0.4 is 5.32 Å². The first-order chi connectivity index (χ1) is 17.5. The van der Waals surface area contributed by atoms with E-state index in [1.165, 1.54) is 23.0 Å². The van der Waals surface area contributed by atoms with Crippen molar-refractivity contribution in [2.24, 2.45) is 0 Å². The standard InChI is InChI=1S/C27H23ClF2N4O3/c1-27(2,37)11-10-23(35)22-15-24(34(33-22)16-7-4-3-5-8-16)32-26(36)17-13-18(21(30)14-19(17)28)25-20(29)9-6-12-31-25/h3-9,12-15,37H,10-11H2,1-2H3,(H,32,36). The third-order valence-corrected chi connectivity index (χ3v) is 5.83. The van der Waals surface area contributed by atoms with Gasteiger partial charge in [0.15, 0.2) is 5.78 Å². The Hall–Kier alpha value is -3.95. The van der Waals surface area contributed by atoms with E-state index in [1.807, 2.05) is 0 Å². The lowest BCUT2D eigenvalue weighted by molar-refractivity contribution is 0.0631. The number of anilines is 1. The predicted octanol–water partition coefficient (Wildman–Crippen LogP) is 5.85. The van der Waals surface area contributed by atoms with Gasteiger partial charge in [0.1, 0.15) is 28.8 Å². The molecule has 1 amide bonds. The fourth-order valence-electron chi connectivity index (χ4n) is 3.59. The van der Waals surface area contributed by atoms with Gasteiger partial charge in [-0.3, -0.25) is 14.6 Å². The van der Waals surface area contributed by atoms with Gasteiger partial charge < -0.3 is 10.4 Å². The number of nitrogens with one attached hydrogen (secondary N) is 1. The van der Waals surface area contributed by atoms with Crippen LogP contribution in [0.25, 0.3) is 16.9 Å². The zero-order valence-electron chi connectivity index (χ0n) is 20.0. The number of amides is 1. The average Bonchev–Trinajstić information content (AvgIpc) is 3.27. The molecule has 0 saturated carbocycles. The highest BCUT2D eigenvalue weighted by Gasteiger charge is 2.23. The van der Waals surface area contributed by atoms with Crippen LogP contribution in [0.1, 0.15) is 47.5 Å². The van der Waals surface area contributed by atoms with Crippen molar-refractivity contribution in [2.45, 2.75) is 32.3 Å². The number of carbonyl (C=O) groups excluding carboxylic acids is 2. The number of hydrogen-bond donors (Lipinski definition) is 2. The Bertz CT molecular complexity index is 1470. The Morgan fingerprint density at radius 1 is 1.05 bits per heavy atom. The van der Waals surface area contributed by atoms with E-state index < -0.39 is 23.1 Å². The molecule has 190 valence electrons. The summed E-state index contributed by atoms with van der Waals surface area (Å²) in [7, 11) is 0. The highest BCUT2D eigenvalue weighted by Crippen LogP contribution is 2.30. The number of aliphatic hydroxyl groups is 1. The summed E-state index contributed by atoms with van der Waals surface area (Å²) in [5, 5.41) is 16.8. The minimum Gasteiger partial charge on any atom is -0.390 e. The molecule has 0 fully saturated rings. The van der Waals surface area contributed by atoms with Crippen LogP contribution in [-0.4, -0.2) is 37.2 Å². The lowest BCUT2D eigenvalue weighted by atomic mass is 10.0. The van der Waals surface area contributed by atoms with Gasteiger partial charge in [-0.1, -0.05) is 29.8 Å². The van der Waals surface area contributed by atoms with Gasteiger partial charge in [-0.2, -0.15) is 5.10 Å². The van der Waals surface area contributed by atoms with Crippen LogP contribution in [0.5, 0.6) is 0 Å². The number of aromatic nitrogens is 3. The van der Waals surface area contributed by atoms with E-state index in [0.29, 0.717) is 5.69 Å². The zero-order valence-corrected chi connectivity index (χ0v) is 20.8. The lowest BCUT2D eigenvalue weighted by Crippen LogP contribution is -2.20. The summed E-state index contributed by atoms with van der Waals surface area (Å²) >= 11 is 6.17. The fraction of sp³-hybridized carbons (Fsp3) is 0.185. The van der Waals surface area contributed by atoms with E-state index in [1.54, 1.807) is 44.2 Å². The zero-order chi connectivity index (χ0) is 26.7. The van der Waals surface area contributed by atoms with Gasteiger partial charge in [0.25, 0.3) is 5.91 Å². The molecule has 2 aromatic carbocycles. The molecular formula is C27H23ClF2N4O3. The third-order valence-electron chi connectivity index (χ3n) is 5.52. The van der Waals surface area contributed by atoms with Crippen molar-refractivity contribution in [1.29, 1.82) is 0 Å². The summed E-state index contributed by atoms with van der Waals surface area (Å²) in [5.41, 5.74) is -0.991. The van der Waals surface area contributed by atoms with E-state index in [-0.39, 0.29) is 52.0 Å². The SMILES string of the molecule is CC(C)(O)CCC(=O)c1cc(NC(=O)c2cc(-c3ncccc3F)c(F)cc2Cl)n(-c2ccccc2)n1. The maximum atomic E-state index is 14.6. The molecule has 10 heteroatoms. The van der Waals surface area contributed by atoms with Crippen LogP contribution in [0.4, 0.5) is 14.6 Å². The minimum absolute atomic E-state index is 0.0471. The summed E-state index contributed by atoms with van der Waals surface area (Å²) in [6.45, 7) is 3.21. The fourth-order valence-corrected chi connectivity index (χ4v) is 3.83. The highest BCUT2D eigenvalue weighted by atomic mass is 35.5. The molecule has 0 radical (unpaired) electrons.